The molecule has 4 nitrogen and oxygen atoms in total. The third-order valence-electron chi connectivity index (χ3n) is 0.853. The minimum atomic E-state index is -0.142. The Bertz CT molecular complexity index is 116. The van der Waals surface area contributed by atoms with Crippen LogP contribution in [0.2, 0.25) is 0 Å². The molecule has 72 valence electrons. The van der Waals surface area contributed by atoms with Gasteiger partial charge in [0.1, 0.15) is 0 Å². The van der Waals surface area contributed by atoms with E-state index in [9.17, 15) is 9.59 Å². The number of halogens is 2. The Balaban J connectivity index is 0. The van der Waals surface area contributed by atoms with E-state index < -0.39 is 0 Å². The zero-order valence-electron chi connectivity index (χ0n) is 6.99. The molecule has 0 atom stereocenters. The molecule has 0 heterocycles. The number of carbonyl (C=O) groups is 2. The van der Waals surface area contributed by atoms with Crippen molar-refractivity contribution in [3.05, 3.63) is 0 Å². The van der Waals surface area contributed by atoms with Gasteiger partial charge in [-0.3, -0.25) is 18.8 Å². The third kappa shape index (κ3) is 12.4. The first-order valence-corrected chi connectivity index (χ1v) is 4.58. The SMILES string of the molecule is CCC(=O)NBr.CCC(=O)NCl. The molecule has 0 bridgehead atoms. The van der Waals surface area contributed by atoms with Crippen molar-refractivity contribution >= 4 is 39.7 Å². The first-order chi connectivity index (χ1) is 5.62. The number of carbonyl (C=O) groups excluding carboxylic acids is 2. The van der Waals surface area contributed by atoms with Gasteiger partial charge in [-0.25, -0.2) is 0 Å². The molecule has 0 unspecified atom stereocenters. The van der Waals surface area contributed by atoms with Crippen LogP contribution < -0.4 is 9.18 Å². The summed E-state index contributed by atoms with van der Waals surface area (Å²) >= 11 is 7.63. The molecule has 2 N–H and O–H groups in total. The van der Waals surface area contributed by atoms with Crippen molar-refractivity contribution in [2.45, 2.75) is 26.7 Å². The summed E-state index contributed by atoms with van der Waals surface area (Å²) in [6.07, 6.45) is 0.981. The quantitative estimate of drug-likeness (QED) is 0.738. The number of rotatable bonds is 2. The average molecular weight is 260 g/mol. The third-order valence-corrected chi connectivity index (χ3v) is 1.51. The van der Waals surface area contributed by atoms with Gasteiger partial charge in [0.05, 0.1) is 0 Å². The van der Waals surface area contributed by atoms with Crippen molar-refractivity contribution in [2.75, 3.05) is 0 Å². The van der Waals surface area contributed by atoms with Crippen molar-refractivity contribution in [3.63, 3.8) is 0 Å². The summed E-state index contributed by atoms with van der Waals surface area (Å²) in [4.78, 5) is 21.9. The van der Waals surface area contributed by atoms with Crippen LogP contribution in [-0.2, 0) is 9.59 Å². The standard InChI is InChI=1S/C3H6BrNO.C3H6ClNO/c2*1-2-3(6)5-4/h2*2H2,1H3,(H,5,6). The largest absolute Gasteiger partial charge is 0.293 e. The van der Waals surface area contributed by atoms with Crippen molar-refractivity contribution < 1.29 is 9.59 Å². The second-order valence-corrected chi connectivity index (χ2v) is 2.33. The van der Waals surface area contributed by atoms with Gasteiger partial charge in [0.15, 0.2) is 0 Å². The van der Waals surface area contributed by atoms with Gasteiger partial charge in [-0.15, -0.1) is 0 Å². The Hall–Kier alpha value is -0.290. The van der Waals surface area contributed by atoms with Crippen LogP contribution in [0.25, 0.3) is 0 Å². The van der Waals surface area contributed by atoms with Crippen LogP contribution in [0, 0.1) is 0 Å². The molecule has 0 radical (unpaired) electrons. The van der Waals surface area contributed by atoms with E-state index in [1.807, 2.05) is 4.84 Å². The van der Waals surface area contributed by atoms with Gasteiger partial charge in [-0.05, 0) is 0 Å². The summed E-state index contributed by atoms with van der Waals surface area (Å²) in [6, 6.07) is 0. The lowest BCUT2D eigenvalue weighted by Gasteiger charge is -1.84. The Morgan fingerprint density at radius 2 is 1.67 bits per heavy atom. The molecule has 0 aliphatic carbocycles. The van der Waals surface area contributed by atoms with Crippen LogP contribution in [0.1, 0.15) is 26.7 Å². The summed E-state index contributed by atoms with van der Waals surface area (Å²) in [5.74, 6) is -0.133. The van der Waals surface area contributed by atoms with E-state index in [2.05, 4.69) is 20.5 Å². The van der Waals surface area contributed by atoms with E-state index in [4.69, 9.17) is 11.8 Å². The Labute approximate surface area is 85.5 Å². The molecule has 0 aromatic rings. The molecule has 0 aromatic heterocycles. The van der Waals surface area contributed by atoms with E-state index in [-0.39, 0.29) is 11.8 Å². The maximum Gasteiger partial charge on any atom is 0.234 e. The van der Waals surface area contributed by atoms with Gasteiger partial charge in [-0.2, -0.15) is 0 Å². The van der Waals surface area contributed by atoms with Crippen LogP contribution >= 0.6 is 27.9 Å². The number of amides is 2. The first kappa shape index (κ1) is 14.2. The molecular formula is C6H12BrClN2O2. The maximum absolute atomic E-state index is 10.0. The minimum Gasteiger partial charge on any atom is -0.293 e. The van der Waals surface area contributed by atoms with Crippen LogP contribution in [0.15, 0.2) is 0 Å². The molecule has 12 heavy (non-hydrogen) atoms. The van der Waals surface area contributed by atoms with Crippen LogP contribution in [0.5, 0.6) is 0 Å². The minimum absolute atomic E-state index is 0.00926. The molecule has 2 amide bonds. The molecule has 0 aromatic carbocycles. The van der Waals surface area contributed by atoms with Crippen molar-refractivity contribution in [3.8, 4) is 0 Å². The number of nitrogens with one attached hydrogen (secondary N) is 2. The lowest BCUT2D eigenvalue weighted by Crippen LogP contribution is -2.08. The maximum atomic E-state index is 10.0. The highest BCUT2D eigenvalue weighted by Gasteiger charge is 1.87. The molecule has 0 saturated heterocycles. The predicted octanol–water partition coefficient (Wildman–Crippen LogP) is 1.49. The average Bonchev–Trinajstić information content (AvgIpc) is 2.16. The molecule has 0 aliphatic heterocycles. The van der Waals surface area contributed by atoms with Crippen molar-refractivity contribution in [1.29, 1.82) is 0 Å². The normalized spacial score (nSPS) is 7.67. The molecule has 0 rings (SSSR count). The zero-order chi connectivity index (χ0) is 9.98. The first-order valence-electron chi connectivity index (χ1n) is 3.41. The van der Waals surface area contributed by atoms with E-state index in [1.54, 1.807) is 13.8 Å². The van der Waals surface area contributed by atoms with E-state index in [1.165, 1.54) is 0 Å². The molecule has 0 saturated carbocycles. The molecular weight excluding hydrogens is 247 g/mol. The predicted molar refractivity (Wildman–Crippen MR) is 51.6 cm³/mol. The lowest BCUT2D eigenvalue weighted by molar-refractivity contribution is -0.119. The summed E-state index contributed by atoms with van der Waals surface area (Å²) < 4.78 is 2.29. The fraction of sp³-hybridized carbons (Fsp3) is 0.667. The van der Waals surface area contributed by atoms with Gasteiger partial charge in [0.25, 0.3) is 0 Å². The second-order valence-electron chi connectivity index (χ2n) is 1.74. The fourth-order valence-corrected chi connectivity index (χ4v) is 0.548. The summed E-state index contributed by atoms with van der Waals surface area (Å²) in [5.41, 5.74) is 0. The summed E-state index contributed by atoms with van der Waals surface area (Å²) in [6.45, 7) is 3.52. The van der Waals surface area contributed by atoms with Gasteiger partial charge in [0.2, 0.25) is 11.8 Å². The molecule has 6 heteroatoms. The Morgan fingerprint density at radius 1 is 1.25 bits per heavy atom. The molecule has 0 spiro atoms. The smallest absolute Gasteiger partial charge is 0.234 e. The summed E-state index contributed by atoms with van der Waals surface area (Å²) in [5, 5.41) is 0. The fourth-order valence-electron chi connectivity index (χ4n) is 0.134. The monoisotopic (exact) mass is 258 g/mol. The van der Waals surface area contributed by atoms with E-state index >= 15 is 0 Å². The highest BCUT2D eigenvalue weighted by Crippen LogP contribution is 1.75. The van der Waals surface area contributed by atoms with Crippen molar-refractivity contribution in [2.24, 2.45) is 0 Å². The lowest BCUT2D eigenvalue weighted by atomic mass is 10.5. The van der Waals surface area contributed by atoms with Crippen LogP contribution in [0.4, 0.5) is 0 Å². The van der Waals surface area contributed by atoms with E-state index in [0.717, 1.165) is 0 Å². The number of hydrogen-bond acceptors (Lipinski definition) is 2. The van der Waals surface area contributed by atoms with Crippen LogP contribution in [0.3, 0.4) is 0 Å². The Morgan fingerprint density at radius 3 is 1.67 bits per heavy atom. The Kier molecular flexibility index (Phi) is 12.7. The van der Waals surface area contributed by atoms with Gasteiger partial charge >= 0.3 is 0 Å². The van der Waals surface area contributed by atoms with E-state index in [0.29, 0.717) is 12.8 Å². The molecule has 0 aliphatic rings. The van der Waals surface area contributed by atoms with Gasteiger partial charge < -0.3 is 0 Å². The van der Waals surface area contributed by atoms with Gasteiger partial charge in [0, 0.05) is 40.8 Å². The highest BCUT2D eigenvalue weighted by molar-refractivity contribution is 9.08. The molecule has 0 fully saturated rings. The zero-order valence-corrected chi connectivity index (χ0v) is 9.33. The van der Waals surface area contributed by atoms with Gasteiger partial charge in [-0.1, -0.05) is 13.8 Å². The topological polar surface area (TPSA) is 58.2 Å². The van der Waals surface area contributed by atoms with Crippen molar-refractivity contribution in [1.82, 2.24) is 9.18 Å². The highest BCUT2D eigenvalue weighted by atomic mass is 79.9. The second kappa shape index (κ2) is 10.7. The summed E-state index contributed by atoms with van der Waals surface area (Å²) in [7, 11) is 0. The number of hydrogen-bond donors (Lipinski definition) is 2. The van der Waals surface area contributed by atoms with Crippen LogP contribution in [-0.4, -0.2) is 11.8 Å².